The molecule has 4 rings (SSSR count). The number of nitrogens with zero attached hydrogens (tertiary/aromatic N) is 6. The molecule has 2 aliphatic heterocycles. The van der Waals surface area contributed by atoms with Gasteiger partial charge in [0.2, 0.25) is 0 Å². The van der Waals surface area contributed by atoms with Crippen LogP contribution in [0.5, 0.6) is 0 Å². The summed E-state index contributed by atoms with van der Waals surface area (Å²) in [5.41, 5.74) is 0. The number of aryl methyl sites for hydroxylation is 2. The van der Waals surface area contributed by atoms with Gasteiger partial charge in [-0.1, -0.05) is 12.5 Å². The van der Waals surface area contributed by atoms with Gasteiger partial charge in [-0.3, -0.25) is 4.99 Å². The smallest absolute Gasteiger partial charge is 0.191 e. The summed E-state index contributed by atoms with van der Waals surface area (Å²) in [6.07, 6.45) is 10.8. The predicted molar refractivity (Wildman–Crippen MR) is 124 cm³/mol. The largest absolute Gasteiger partial charge is 0.357 e. The molecule has 8 heteroatoms. The molecule has 2 N–H and O–H groups in total. The molecule has 2 aromatic heterocycles. The maximum Gasteiger partial charge on any atom is 0.191 e. The molecule has 0 radical (unpaired) electrons. The van der Waals surface area contributed by atoms with Crippen LogP contribution in [0, 0.1) is 0 Å². The van der Waals surface area contributed by atoms with Crippen molar-refractivity contribution in [3.05, 3.63) is 36.0 Å². The Morgan fingerprint density at radius 2 is 2.03 bits per heavy atom. The number of hydrogen-bond donors (Lipinski definition) is 2. The first-order valence-electron chi connectivity index (χ1n) is 11.9. The van der Waals surface area contributed by atoms with Crippen LogP contribution in [-0.4, -0.2) is 57.9 Å². The highest BCUT2D eigenvalue weighted by Crippen LogP contribution is 2.17. The van der Waals surface area contributed by atoms with Gasteiger partial charge in [0.1, 0.15) is 17.5 Å². The number of guanidine groups is 1. The third kappa shape index (κ3) is 5.95. The molecular weight excluding hydrogens is 388 g/mol. The van der Waals surface area contributed by atoms with Crippen LogP contribution in [0.2, 0.25) is 0 Å². The molecule has 0 bridgehead atoms. The van der Waals surface area contributed by atoms with E-state index >= 15 is 0 Å². The van der Waals surface area contributed by atoms with Crippen LogP contribution in [0.1, 0.15) is 57.1 Å². The number of piperidine rings is 1. The van der Waals surface area contributed by atoms with E-state index in [1.807, 2.05) is 12.3 Å². The van der Waals surface area contributed by atoms with E-state index in [0.717, 1.165) is 82.4 Å². The molecule has 8 nitrogen and oxygen atoms in total. The number of pyridine rings is 1. The second-order valence-corrected chi connectivity index (χ2v) is 8.45. The van der Waals surface area contributed by atoms with Gasteiger partial charge < -0.3 is 20.1 Å². The van der Waals surface area contributed by atoms with Crippen molar-refractivity contribution in [2.75, 3.05) is 31.1 Å². The topological polar surface area (TPSA) is 83.3 Å². The summed E-state index contributed by atoms with van der Waals surface area (Å²) in [7, 11) is 0. The highest BCUT2D eigenvalue weighted by molar-refractivity contribution is 5.80. The monoisotopic (exact) mass is 424 g/mol. The first kappa shape index (κ1) is 21.6. The van der Waals surface area contributed by atoms with Gasteiger partial charge >= 0.3 is 0 Å². The Balaban J connectivity index is 1.24. The number of aromatic nitrogens is 4. The maximum absolute atomic E-state index is 4.83. The van der Waals surface area contributed by atoms with Gasteiger partial charge in [0.05, 0.1) is 0 Å². The molecule has 2 aliphatic rings. The minimum absolute atomic E-state index is 0.449. The van der Waals surface area contributed by atoms with Gasteiger partial charge in [-0.25, -0.2) is 4.98 Å². The number of anilines is 1. The third-order valence-corrected chi connectivity index (χ3v) is 6.17. The average Bonchev–Trinajstić information content (AvgIpc) is 3.03. The lowest BCUT2D eigenvalue weighted by Crippen LogP contribution is -2.49. The van der Waals surface area contributed by atoms with E-state index in [4.69, 9.17) is 4.99 Å². The number of hydrogen-bond acceptors (Lipinski definition) is 5. The molecule has 0 spiro atoms. The number of rotatable bonds is 7. The molecule has 0 atom stereocenters. The molecule has 31 heavy (non-hydrogen) atoms. The van der Waals surface area contributed by atoms with Crippen molar-refractivity contribution in [3.8, 4) is 0 Å². The molecule has 0 aromatic carbocycles. The van der Waals surface area contributed by atoms with E-state index in [1.165, 1.54) is 25.1 Å². The SMILES string of the molecule is CCNC(=NCCCc1nnc2n1CCCCC2)NC1CCN(c2ccccn2)CC1. The minimum atomic E-state index is 0.449. The fourth-order valence-corrected chi connectivity index (χ4v) is 4.47. The van der Waals surface area contributed by atoms with E-state index < -0.39 is 0 Å². The Labute approximate surface area is 185 Å². The van der Waals surface area contributed by atoms with E-state index in [1.54, 1.807) is 0 Å². The molecule has 1 fully saturated rings. The zero-order valence-corrected chi connectivity index (χ0v) is 18.8. The highest BCUT2D eigenvalue weighted by Gasteiger charge is 2.20. The van der Waals surface area contributed by atoms with Gasteiger partial charge in [-0.05, 0) is 51.2 Å². The minimum Gasteiger partial charge on any atom is -0.357 e. The van der Waals surface area contributed by atoms with Crippen molar-refractivity contribution < 1.29 is 0 Å². The molecule has 1 saturated heterocycles. The summed E-state index contributed by atoms with van der Waals surface area (Å²) in [4.78, 5) is 11.7. The Bertz CT molecular complexity index is 823. The first-order chi connectivity index (χ1) is 15.3. The van der Waals surface area contributed by atoms with E-state index in [0.29, 0.717) is 6.04 Å². The summed E-state index contributed by atoms with van der Waals surface area (Å²) in [5, 5.41) is 15.9. The van der Waals surface area contributed by atoms with Gasteiger partial charge in [0, 0.05) is 57.8 Å². The molecule has 0 amide bonds. The predicted octanol–water partition coefficient (Wildman–Crippen LogP) is 2.56. The summed E-state index contributed by atoms with van der Waals surface area (Å²) >= 11 is 0. The molecule has 0 saturated carbocycles. The Hall–Kier alpha value is -2.64. The number of nitrogens with one attached hydrogen (secondary N) is 2. The quantitative estimate of drug-likeness (QED) is 0.404. The normalized spacial score (nSPS) is 17.8. The van der Waals surface area contributed by atoms with Crippen LogP contribution in [0.4, 0.5) is 5.82 Å². The van der Waals surface area contributed by atoms with E-state index in [9.17, 15) is 0 Å². The Kier molecular flexibility index (Phi) is 7.74. The standard InChI is InChI=1S/C23H36N8/c1-2-24-23(27-19-12-17-30(18-13-19)20-9-5-6-14-25-20)26-15-8-11-22-29-28-21-10-4-3-7-16-31(21)22/h5-6,9,14,19H,2-4,7-8,10-13,15-18H2,1H3,(H2,24,26,27). The second-order valence-electron chi connectivity index (χ2n) is 8.45. The van der Waals surface area contributed by atoms with Gasteiger partial charge in [-0.2, -0.15) is 0 Å². The van der Waals surface area contributed by atoms with Gasteiger partial charge in [0.25, 0.3) is 0 Å². The lowest BCUT2D eigenvalue weighted by molar-refractivity contribution is 0.459. The van der Waals surface area contributed by atoms with E-state index in [2.05, 4.69) is 54.3 Å². The van der Waals surface area contributed by atoms with Crippen molar-refractivity contribution in [1.29, 1.82) is 0 Å². The summed E-state index contributed by atoms with van der Waals surface area (Å²) in [5.74, 6) is 4.31. The van der Waals surface area contributed by atoms with Crippen molar-refractivity contribution in [1.82, 2.24) is 30.4 Å². The van der Waals surface area contributed by atoms with Crippen molar-refractivity contribution >= 4 is 11.8 Å². The van der Waals surface area contributed by atoms with Crippen molar-refractivity contribution in [2.45, 2.75) is 70.9 Å². The summed E-state index contributed by atoms with van der Waals surface area (Å²) < 4.78 is 2.34. The maximum atomic E-state index is 4.83. The number of aliphatic imine (C=N–C) groups is 1. The summed E-state index contributed by atoms with van der Waals surface area (Å²) in [6.45, 7) is 6.90. The Morgan fingerprint density at radius 1 is 1.13 bits per heavy atom. The van der Waals surface area contributed by atoms with Gasteiger partial charge in [-0.15, -0.1) is 10.2 Å². The number of fused-ring (bicyclic) bond motifs is 1. The molecule has 2 aromatic rings. The van der Waals surface area contributed by atoms with Crippen LogP contribution in [0.25, 0.3) is 0 Å². The first-order valence-corrected chi connectivity index (χ1v) is 11.9. The molecular formula is C23H36N8. The van der Waals surface area contributed by atoms with Crippen LogP contribution in [0.15, 0.2) is 29.4 Å². The van der Waals surface area contributed by atoms with Gasteiger partial charge in [0.15, 0.2) is 5.96 Å². The lowest BCUT2D eigenvalue weighted by atomic mass is 10.1. The van der Waals surface area contributed by atoms with Crippen LogP contribution in [-0.2, 0) is 19.4 Å². The van der Waals surface area contributed by atoms with E-state index in [-0.39, 0.29) is 0 Å². The molecule has 4 heterocycles. The third-order valence-electron chi connectivity index (χ3n) is 6.17. The zero-order valence-electron chi connectivity index (χ0n) is 18.8. The molecule has 0 aliphatic carbocycles. The van der Waals surface area contributed by atoms with Crippen molar-refractivity contribution in [3.63, 3.8) is 0 Å². The second kappa shape index (κ2) is 11.1. The summed E-state index contributed by atoms with van der Waals surface area (Å²) in [6, 6.07) is 6.56. The Morgan fingerprint density at radius 3 is 2.84 bits per heavy atom. The van der Waals surface area contributed by atoms with Crippen LogP contribution >= 0.6 is 0 Å². The van der Waals surface area contributed by atoms with Crippen molar-refractivity contribution in [2.24, 2.45) is 4.99 Å². The zero-order chi connectivity index (χ0) is 21.3. The van der Waals surface area contributed by atoms with Crippen LogP contribution in [0.3, 0.4) is 0 Å². The molecule has 168 valence electrons. The fourth-order valence-electron chi connectivity index (χ4n) is 4.47. The van der Waals surface area contributed by atoms with Crippen LogP contribution < -0.4 is 15.5 Å². The lowest BCUT2D eigenvalue weighted by Gasteiger charge is -2.33. The fraction of sp³-hybridized carbons (Fsp3) is 0.652. The highest BCUT2D eigenvalue weighted by atomic mass is 15.3. The average molecular weight is 425 g/mol. The molecule has 0 unspecified atom stereocenters.